The smallest absolute Gasteiger partial charge is 0.306 e. The number of phosphoric ester groups is 1. The molecule has 10 heteroatoms. The molecule has 0 aliphatic heterocycles. The van der Waals surface area contributed by atoms with Crippen LogP contribution in [0.2, 0.25) is 0 Å². The van der Waals surface area contributed by atoms with E-state index in [1.54, 1.807) is 0 Å². The Morgan fingerprint density at radius 1 is 0.419 bits per heavy atom. The Labute approximate surface area is 454 Å². The van der Waals surface area contributed by atoms with E-state index in [-0.39, 0.29) is 26.1 Å². The first kappa shape index (κ1) is 70.4. The predicted molar refractivity (Wildman–Crippen MR) is 314 cm³/mol. The lowest BCUT2D eigenvalue weighted by atomic mass is 10.1. The van der Waals surface area contributed by atoms with Crippen LogP contribution in [-0.4, -0.2) is 70.0 Å². The number of esters is 2. The zero-order chi connectivity index (χ0) is 54.2. The first-order valence-electron chi connectivity index (χ1n) is 29.2. The lowest BCUT2D eigenvalue weighted by Crippen LogP contribution is -2.37. The van der Waals surface area contributed by atoms with Crippen molar-refractivity contribution in [3.8, 4) is 0 Å². The van der Waals surface area contributed by atoms with Crippen LogP contribution in [0.25, 0.3) is 0 Å². The third kappa shape index (κ3) is 57.7. The van der Waals surface area contributed by atoms with Gasteiger partial charge in [-0.2, -0.15) is 0 Å². The quantitative estimate of drug-likeness (QED) is 0.0195. The summed E-state index contributed by atoms with van der Waals surface area (Å²) in [5.41, 5.74) is 0. The van der Waals surface area contributed by atoms with Crippen molar-refractivity contribution in [1.29, 1.82) is 0 Å². The van der Waals surface area contributed by atoms with Gasteiger partial charge in [0.1, 0.15) is 19.8 Å². The fourth-order valence-corrected chi connectivity index (χ4v) is 8.26. The molecule has 0 bridgehead atoms. The van der Waals surface area contributed by atoms with Gasteiger partial charge < -0.3 is 27.9 Å². The largest absolute Gasteiger partial charge is 0.756 e. The summed E-state index contributed by atoms with van der Waals surface area (Å²) in [5, 5.41) is 0. The van der Waals surface area contributed by atoms with Crippen molar-refractivity contribution in [3.63, 3.8) is 0 Å². The van der Waals surface area contributed by atoms with E-state index in [0.29, 0.717) is 23.9 Å². The van der Waals surface area contributed by atoms with E-state index < -0.39 is 32.5 Å². The van der Waals surface area contributed by atoms with Gasteiger partial charge in [0.05, 0.1) is 27.7 Å². The summed E-state index contributed by atoms with van der Waals surface area (Å²) in [7, 11) is 1.14. The molecule has 0 aromatic carbocycles. The number of nitrogens with zero attached hydrogens (tertiary/aromatic N) is 1. The molecule has 0 aromatic heterocycles. The molecule has 0 aliphatic carbocycles. The van der Waals surface area contributed by atoms with Crippen LogP contribution in [0.1, 0.15) is 219 Å². The SMILES string of the molecule is CC/C=C\C/C=C\C/C=C\C/C=C\C/C=C\CCCCCCCCCCCC(=O)OCC(COP(=O)([O-])OCC[N+](C)(C)C)OC(=O)CCCCCCCCCCC/C=C\C/C=C\C/C=C\C/C=C\C/C=C\CC. The summed E-state index contributed by atoms with van der Waals surface area (Å²) in [6.45, 7) is 3.99. The van der Waals surface area contributed by atoms with Crippen LogP contribution in [0, 0.1) is 0 Å². The van der Waals surface area contributed by atoms with Gasteiger partial charge in [0.25, 0.3) is 7.82 Å². The fraction of sp³-hybridized carbons (Fsp3) is 0.656. The van der Waals surface area contributed by atoms with Crippen LogP contribution in [0.5, 0.6) is 0 Å². The number of ether oxygens (including phenoxy) is 2. The van der Waals surface area contributed by atoms with Gasteiger partial charge in [0, 0.05) is 12.8 Å². The van der Waals surface area contributed by atoms with E-state index in [0.717, 1.165) is 116 Å². The standard InChI is InChI=1S/C64H108NO8P/c1-6-8-10-12-14-16-18-20-22-24-26-28-30-32-34-36-38-40-42-44-46-48-50-52-54-56-63(66)70-60-62(61-72-74(68,69)71-59-58-65(3,4)5)73-64(67)57-55-53-51-49-47-45-43-41-39-37-35-33-31-29-27-25-23-21-19-17-15-13-11-9-7-2/h8-11,14-17,20-23,26-29,32-35,62H,6-7,12-13,18-19,24-25,30-31,36-61H2,1-5H3/b10-8-,11-9-,16-14-,17-15-,22-20-,23-21-,28-26-,29-27-,34-32-,35-33-. The highest BCUT2D eigenvalue weighted by Gasteiger charge is 2.21. The van der Waals surface area contributed by atoms with Crippen LogP contribution >= 0.6 is 7.82 Å². The normalized spacial score (nSPS) is 14.2. The molecule has 0 aromatic rings. The number of unbranched alkanes of at least 4 members (excludes halogenated alkanes) is 18. The average Bonchev–Trinajstić information content (AvgIpc) is 3.36. The van der Waals surface area contributed by atoms with Gasteiger partial charge in [-0.3, -0.25) is 14.2 Å². The van der Waals surface area contributed by atoms with Crippen molar-refractivity contribution < 1.29 is 42.1 Å². The second-order valence-electron chi connectivity index (χ2n) is 20.2. The van der Waals surface area contributed by atoms with Crippen LogP contribution < -0.4 is 4.89 Å². The molecule has 0 heterocycles. The first-order chi connectivity index (χ1) is 36.0. The van der Waals surface area contributed by atoms with Crippen LogP contribution in [-0.2, 0) is 32.7 Å². The number of quaternary nitrogens is 1. The fourth-order valence-electron chi connectivity index (χ4n) is 7.53. The highest BCUT2D eigenvalue weighted by molar-refractivity contribution is 7.45. The zero-order valence-corrected chi connectivity index (χ0v) is 48.6. The molecule has 0 saturated carbocycles. The predicted octanol–water partition coefficient (Wildman–Crippen LogP) is 17.7. The number of rotatable bonds is 52. The Kier molecular flexibility index (Phi) is 51.6. The molecule has 422 valence electrons. The third-order valence-corrected chi connectivity index (χ3v) is 12.9. The molecule has 0 rings (SSSR count). The van der Waals surface area contributed by atoms with Gasteiger partial charge in [0.15, 0.2) is 6.10 Å². The highest BCUT2D eigenvalue weighted by Crippen LogP contribution is 2.38. The monoisotopic (exact) mass is 1050 g/mol. The minimum atomic E-state index is -4.65. The molecule has 0 fully saturated rings. The molecular weight excluding hydrogens is 942 g/mol. The number of hydrogen-bond acceptors (Lipinski definition) is 8. The summed E-state index contributed by atoms with van der Waals surface area (Å²) in [6.07, 6.45) is 76.6. The summed E-state index contributed by atoms with van der Waals surface area (Å²) in [4.78, 5) is 37.9. The summed E-state index contributed by atoms with van der Waals surface area (Å²) >= 11 is 0. The number of phosphoric acid groups is 1. The van der Waals surface area contributed by atoms with Gasteiger partial charge in [0.2, 0.25) is 0 Å². The molecule has 0 spiro atoms. The van der Waals surface area contributed by atoms with Gasteiger partial charge in [-0.25, -0.2) is 0 Å². The Bertz CT molecular complexity index is 1660. The van der Waals surface area contributed by atoms with Crippen LogP contribution in [0.15, 0.2) is 122 Å². The molecule has 0 amide bonds. The lowest BCUT2D eigenvalue weighted by molar-refractivity contribution is -0.870. The average molecular weight is 1050 g/mol. The maximum atomic E-state index is 12.8. The molecule has 0 saturated heterocycles. The van der Waals surface area contributed by atoms with Crippen molar-refractivity contribution in [2.45, 2.75) is 225 Å². The molecule has 0 N–H and O–H groups in total. The Morgan fingerprint density at radius 2 is 0.730 bits per heavy atom. The second-order valence-corrected chi connectivity index (χ2v) is 21.7. The van der Waals surface area contributed by atoms with Gasteiger partial charge in [-0.05, 0) is 103 Å². The van der Waals surface area contributed by atoms with E-state index in [4.69, 9.17) is 18.5 Å². The number of likely N-dealkylation sites (N-methyl/N-ethyl adjacent to an activating group) is 1. The van der Waals surface area contributed by atoms with Crippen molar-refractivity contribution in [2.24, 2.45) is 0 Å². The molecule has 0 aliphatic rings. The molecule has 2 atom stereocenters. The molecular formula is C64H108NO8P. The Hall–Kier alpha value is -3.59. The highest BCUT2D eigenvalue weighted by atomic mass is 31.2. The zero-order valence-electron chi connectivity index (χ0n) is 47.7. The molecule has 2 unspecified atom stereocenters. The van der Waals surface area contributed by atoms with E-state index in [2.05, 4.69) is 135 Å². The maximum absolute atomic E-state index is 12.8. The minimum absolute atomic E-state index is 0.0397. The summed E-state index contributed by atoms with van der Waals surface area (Å²) < 4.78 is 34.2. The molecule has 9 nitrogen and oxygen atoms in total. The van der Waals surface area contributed by atoms with E-state index in [1.807, 2.05) is 21.1 Å². The van der Waals surface area contributed by atoms with Crippen LogP contribution in [0.4, 0.5) is 0 Å². The second kappa shape index (κ2) is 54.2. The first-order valence-corrected chi connectivity index (χ1v) is 30.7. The summed E-state index contributed by atoms with van der Waals surface area (Å²) in [6, 6.07) is 0. The molecule has 74 heavy (non-hydrogen) atoms. The van der Waals surface area contributed by atoms with E-state index >= 15 is 0 Å². The van der Waals surface area contributed by atoms with Gasteiger partial charge >= 0.3 is 11.9 Å². The van der Waals surface area contributed by atoms with Crippen molar-refractivity contribution in [3.05, 3.63) is 122 Å². The van der Waals surface area contributed by atoms with Crippen molar-refractivity contribution in [2.75, 3.05) is 47.5 Å². The topological polar surface area (TPSA) is 111 Å². The number of carbonyl (C=O) groups excluding carboxylic acids is 2. The van der Waals surface area contributed by atoms with Gasteiger partial charge in [-0.15, -0.1) is 0 Å². The van der Waals surface area contributed by atoms with Crippen molar-refractivity contribution >= 4 is 19.8 Å². The number of carbonyl (C=O) groups is 2. The minimum Gasteiger partial charge on any atom is -0.756 e. The number of allylic oxidation sites excluding steroid dienone is 20. The Balaban J connectivity index is 4.22. The van der Waals surface area contributed by atoms with Gasteiger partial charge in [-0.1, -0.05) is 225 Å². The van der Waals surface area contributed by atoms with Crippen molar-refractivity contribution in [1.82, 2.24) is 0 Å². The van der Waals surface area contributed by atoms with E-state index in [9.17, 15) is 19.0 Å². The van der Waals surface area contributed by atoms with E-state index in [1.165, 1.54) is 64.2 Å². The third-order valence-electron chi connectivity index (χ3n) is 12.0. The Morgan fingerprint density at radius 3 is 1.08 bits per heavy atom. The molecule has 0 radical (unpaired) electrons. The van der Waals surface area contributed by atoms with Crippen LogP contribution in [0.3, 0.4) is 0 Å². The maximum Gasteiger partial charge on any atom is 0.306 e. The lowest BCUT2D eigenvalue weighted by Gasteiger charge is -2.28. The number of hydrogen-bond donors (Lipinski definition) is 0. The summed E-state index contributed by atoms with van der Waals surface area (Å²) in [5.74, 6) is -0.854.